The summed E-state index contributed by atoms with van der Waals surface area (Å²) in [5.74, 6) is 0. The molecule has 0 aromatic rings. The lowest BCUT2D eigenvalue weighted by atomic mass is 10.1. The van der Waals surface area contributed by atoms with E-state index in [4.69, 9.17) is 19.3 Å². The molecule has 2 aliphatic heterocycles. The van der Waals surface area contributed by atoms with Gasteiger partial charge in [0.2, 0.25) is 0 Å². The third kappa shape index (κ3) is 3.05. The molecule has 19 heavy (non-hydrogen) atoms. The van der Waals surface area contributed by atoms with Crippen LogP contribution >= 0.6 is 0 Å². The van der Waals surface area contributed by atoms with E-state index in [9.17, 15) is 25.5 Å². The molecule has 0 bridgehead atoms. The molecular weight excluding hydrogens is 264 g/mol. The minimum atomic E-state index is -1.51. The lowest BCUT2D eigenvalue weighted by Gasteiger charge is -2.35. The lowest BCUT2D eigenvalue weighted by molar-refractivity contribution is -0.278. The predicted molar refractivity (Wildman–Crippen MR) is 56.6 cm³/mol. The molecule has 2 aliphatic rings. The van der Waals surface area contributed by atoms with Crippen molar-refractivity contribution in [2.24, 2.45) is 0 Å². The van der Waals surface area contributed by atoms with Crippen molar-refractivity contribution in [1.82, 2.24) is 0 Å². The van der Waals surface area contributed by atoms with Gasteiger partial charge in [0.1, 0.15) is 36.6 Å². The Hall–Kier alpha value is -0.360. The van der Waals surface area contributed by atoms with Crippen LogP contribution in [-0.2, 0) is 14.2 Å². The van der Waals surface area contributed by atoms with Crippen LogP contribution in [0.1, 0.15) is 0 Å². The Morgan fingerprint density at radius 1 is 0.895 bits per heavy atom. The standard InChI is InChI=1S/C10H18O9/c11-3-1-17-10(8(15)5(3)12)18-2-4-6(13)7(14)9(16)19-4/h3-16H,1-2H2/t3-,4-,5+,6+,7+,8-,9+,10-/m0/s1. The Balaban J connectivity index is 1.83. The van der Waals surface area contributed by atoms with Crippen LogP contribution in [0.4, 0.5) is 0 Å². The third-order valence-electron chi connectivity index (χ3n) is 3.22. The van der Waals surface area contributed by atoms with Crippen LogP contribution in [0.15, 0.2) is 0 Å². The van der Waals surface area contributed by atoms with E-state index < -0.39 is 49.2 Å². The molecule has 0 aliphatic carbocycles. The Morgan fingerprint density at radius 3 is 2.16 bits per heavy atom. The second-order valence-corrected chi connectivity index (χ2v) is 4.63. The van der Waals surface area contributed by atoms with Crippen molar-refractivity contribution in [3.05, 3.63) is 0 Å². The molecule has 2 heterocycles. The first kappa shape index (κ1) is 15.0. The molecule has 0 aromatic heterocycles. The number of rotatable bonds is 3. The Labute approximate surface area is 108 Å². The zero-order valence-corrected chi connectivity index (χ0v) is 9.94. The molecular formula is C10H18O9. The number of aliphatic hydroxyl groups excluding tert-OH is 6. The summed E-state index contributed by atoms with van der Waals surface area (Å²) in [5.41, 5.74) is 0. The molecule has 8 atom stereocenters. The van der Waals surface area contributed by atoms with Gasteiger partial charge in [-0.25, -0.2) is 0 Å². The van der Waals surface area contributed by atoms with Gasteiger partial charge in [-0.3, -0.25) is 0 Å². The first-order valence-corrected chi connectivity index (χ1v) is 5.89. The van der Waals surface area contributed by atoms with Gasteiger partial charge < -0.3 is 44.8 Å². The van der Waals surface area contributed by atoms with Crippen LogP contribution < -0.4 is 0 Å². The summed E-state index contributed by atoms with van der Waals surface area (Å²) in [7, 11) is 0. The highest BCUT2D eigenvalue weighted by Crippen LogP contribution is 2.22. The molecule has 0 unspecified atom stereocenters. The summed E-state index contributed by atoms with van der Waals surface area (Å²) < 4.78 is 14.9. The summed E-state index contributed by atoms with van der Waals surface area (Å²) in [5, 5.41) is 56.2. The van der Waals surface area contributed by atoms with Crippen molar-refractivity contribution < 1.29 is 44.8 Å². The van der Waals surface area contributed by atoms with Gasteiger partial charge in [-0.15, -0.1) is 0 Å². The highest BCUT2D eigenvalue weighted by atomic mass is 16.7. The van der Waals surface area contributed by atoms with Gasteiger partial charge >= 0.3 is 0 Å². The summed E-state index contributed by atoms with van der Waals surface area (Å²) >= 11 is 0. The minimum Gasteiger partial charge on any atom is -0.388 e. The molecule has 0 saturated carbocycles. The Morgan fingerprint density at radius 2 is 1.58 bits per heavy atom. The van der Waals surface area contributed by atoms with Crippen LogP contribution in [0.3, 0.4) is 0 Å². The number of aliphatic hydroxyl groups is 6. The fourth-order valence-electron chi connectivity index (χ4n) is 1.98. The highest BCUT2D eigenvalue weighted by Gasteiger charge is 2.44. The average Bonchev–Trinajstić information content (AvgIpc) is 2.63. The quantitative estimate of drug-likeness (QED) is 0.303. The van der Waals surface area contributed by atoms with Crippen molar-refractivity contribution in [3.8, 4) is 0 Å². The van der Waals surface area contributed by atoms with Crippen LogP contribution in [0.2, 0.25) is 0 Å². The van der Waals surface area contributed by atoms with Crippen molar-refractivity contribution in [2.45, 2.75) is 49.2 Å². The predicted octanol–water partition coefficient (Wildman–Crippen LogP) is -4.12. The summed E-state index contributed by atoms with van der Waals surface area (Å²) in [6, 6.07) is 0. The molecule has 2 saturated heterocycles. The van der Waals surface area contributed by atoms with Gasteiger partial charge in [0.05, 0.1) is 13.2 Å². The zero-order valence-electron chi connectivity index (χ0n) is 9.94. The topological polar surface area (TPSA) is 149 Å². The molecule has 0 spiro atoms. The third-order valence-corrected chi connectivity index (χ3v) is 3.22. The summed E-state index contributed by atoms with van der Waals surface area (Å²) in [6.45, 7) is -0.470. The first-order valence-electron chi connectivity index (χ1n) is 5.89. The van der Waals surface area contributed by atoms with E-state index >= 15 is 0 Å². The van der Waals surface area contributed by atoms with Crippen LogP contribution in [0, 0.1) is 0 Å². The number of ether oxygens (including phenoxy) is 3. The maximum absolute atomic E-state index is 9.59. The molecule has 0 radical (unpaired) electrons. The molecule has 6 N–H and O–H groups in total. The average molecular weight is 282 g/mol. The van der Waals surface area contributed by atoms with Crippen molar-refractivity contribution in [1.29, 1.82) is 0 Å². The molecule has 2 fully saturated rings. The van der Waals surface area contributed by atoms with Gasteiger partial charge in [-0.1, -0.05) is 0 Å². The van der Waals surface area contributed by atoms with E-state index in [2.05, 4.69) is 0 Å². The van der Waals surface area contributed by atoms with Crippen molar-refractivity contribution in [3.63, 3.8) is 0 Å². The fourth-order valence-corrected chi connectivity index (χ4v) is 1.98. The van der Waals surface area contributed by atoms with E-state index in [1.807, 2.05) is 0 Å². The van der Waals surface area contributed by atoms with Gasteiger partial charge in [0.15, 0.2) is 12.6 Å². The molecule has 0 aromatic carbocycles. The van der Waals surface area contributed by atoms with E-state index in [1.54, 1.807) is 0 Å². The molecule has 9 heteroatoms. The van der Waals surface area contributed by atoms with Gasteiger partial charge in [-0.2, -0.15) is 0 Å². The Bertz CT molecular complexity index is 301. The largest absolute Gasteiger partial charge is 0.388 e. The first-order chi connectivity index (χ1) is 8.91. The van der Waals surface area contributed by atoms with E-state index in [0.717, 1.165) is 0 Å². The summed E-state index contributed by atoms with van der Waals surface area (Å²) in [6.07, 6.45) is -10.5. The van der Waals surface area contributed by atoms with Gasteiger partial charge in [0.25, 0.3) is 0 Å². The maximum atomic E-state index is 9.59. The molecule has 0 amide bonds. The van der Waals surface area contributed by atoms with Crippen LogP contribution in [0.5, 0.6) is 0 Å². The normalized spacial score (nSPS) is 51.5. The maximum Gasteiger partial charge on any atom is 0.186 e. The van der Waals surface area contributed by atoms with Crippen LogP contribution in [-0.4, -0.2) is 93.1 Å². The van der Waals surface area contributed by atoms with Gasteiger partial charge in [0, 0.05) is 0 Å². The van der Waals surface area contributed by atoms with E-state index in [1.165, 1.54) is 0 Å². The number of hydrogen-bond donors (Lipinski definition) is 6. The highest BCUT2D eigenvalue weighted by molar-refractivity contribution is 4.87. The van der Waals surface area contributed by atoms with Crippen molar-refractivity contribution >= 4 is 0 Å². The molecule has 112 valence electrons. The second kappa shape index (κ2) is 5.95. The van der Waals surface area contributed by atoms with Crippen LogP contribution in [0.25, 0.3) is 0 Å². The monoisotopic (exact) mass is 282 g/mol. The fraction of sp³-hybridized carbons (Fsp3) is 1.00. The molecule has 2 rings (SSSR count). The molecule has 9 nitrogen and oxygen atoms in total. The second-order valence-electron chi connectivity index (χ2n) is 4.63. The smallest absolute Gasteiger partial charge is 0.186 e. The van der Waals surface area contributed by atoms with Crippen molar-refractivity contribution in [2.75, 3.05) is 13.2 Å². The number of hydrogen-bond acceptors (Lipinski definition) is 9. The van der Waals surface area contributed by atoms with Gasteiger partial charge in [-0.05, 0) is 0 Å². The zero-order chi connectivity index (χ0) is 14.2. The summed E-state index contributed by atoms with van der Waals surface area (Å²) in [4.78, 5) is 0. The minimum absolute atomic E-state index is 0.206. The Kier molecular flexibility index (Phi) is 4.71. The van der Waals surface area contributed by atoms with E-state index in [-0.39, 0.29) is 13.2 Å². The lowest BCUT2D eigenvalue weighted by Crippen LogP contribution is -2.54. The SMILES string of the molecule is O[C@@H]1[C@H](OC[C@@H]2O[C@@H](O)[C@H](O)[C@@H]2O)OC[C@H](O)[C@H]1O. The van der Waals surface area contributed by atoms with E-state index in [0.29, 0.717) is 0 Å².